The lowest BCUT2D eigenvalue weighted by atomic mass is 10.2. The lowest BCUT2D eigenvalue weighted by Gasteiger charge is -2.10. The molecular weight excluding hydrogens is 264 g/mol. The quantitative estimate of drug-likeness (QED) is 0.671. The first kappa shape index (κ1) is 13.4. The van der Waals surface area contributed by atoms with E-state index in [0.717, 1.165) is 5.01 Å². The van der Waals surface area contributed by atoms with Gasteiger partial charge in [0.1, 0.15) is 12.0 Å². The van der Waals surface area contributed by atoms with Crippen molar-refractivity contribution in [3.05, 3.63) is 44.5 Å². The molecule has 0 aliphatic rings. The molecule has 0 aliphatic heterocycles. The number of aromatic nitrogens is 2. The van der Waals surface area contributed by atoms with Crippen LogP contribution in [0.3, 0.4) is 0 Å². The van der Waals surface area contributed by atoms with Crippen LogP contribution in [0.1, 0.15) is 23.4 Å². The highest BCUT2D eigenvalue weighted by Crippen LogP contribution is 2.21. The minimum Gasteiger partial charge on any atom is -0.369 e. The predicted octanol–water partition coefficient (Wildman–Crippen LogP) is 2.97. The van der Waals surface area contributed by atoms with Crippen molar-refractivity contribution in [1.29, 1.82) is 0 Å². The molecule has 0 aromatic carbocycles. The Labute approximate surface area is 114 Å². The van der Waals surface area contributed by atoms with E-state index in [1.807, 2.05) is 5.38 Å². The van der Waals surface area contributed by atoms with E-state index in [2.05, 4.69) is 22.2 Å². The van der Waals surface area contributed by atoms with E-state index in [1.54, 1.807) is 30.5 Å². The molecule has 0 saturated carbocycles. The van der Waals surface area contributed by atoms with Gasteiger partial charge < -0.3 is 5.32 Å². The Kier molecular flexibility index (Phi) is 4.06. The van der Waals surface area contributed by atoms with Crippen LogP contribution >= 0.6 is 11.3 Å². The van der Waals surface area contributed by atoms with Gasteiger partial charge in [-0.15, -0.1) is 11.3 Å². The first-order valence-electron chi connectivity index (χ1n) is 5.82. The molecule has 19 heavy (non-hydrogen) atoms. The summed E-state index contributed by atoms with van der Waals surface area (Å²) in [5, 5.41) is 16.9. The number of thiazole rings is 1. The van der Waals surface area contributed by atoms with Crippen molar-refractivity contribution in [2.24, 2.45) is 0 Å². The van der Waals surface area contributed by atoms with Crippen LogP contribution in [-0.4, -0.2) is 21.4 Å². The summed E-state index contributed by atoms with van der Waals surface area (Å²) in [6.45, 7) is 4.47. The van der Waals surface area contributed by atoms with Crippen molar-refractivity contribution in [3.8, 4) is 0 Å². The van der Waals surface area contributed by atoms with Gasteiger partial charge in [0.05, 0.1) is 9.93 Å². The average molecular weight is 278 g/mol. The molecule has 100 valence electrons. The van der Waals surface area contributed by atoms with Crippen LogP contribution < -0.4 is 5.32 Å². The minimum absolute atomic E-state index is 0.0403. The van der Waals surface area contributed by atoms with E-state index in [4.69, 9.17) is 0 Å². The molecule has 0 aliphatic carbocycles. The van der Waals surface area contributed by atoms with Gasteiger partial charge in [0, 0.05) is 29.6 Å². The molecule has 0 saturated heterocycles. The molecule has 6 nitrogen and oxygen atoms in total. The van der Waals surface area contributed by atoms with Crippen LogP contribution in [0.15, 0.2) is 23.8 Å². The second-order valence-corrected chi connectivity index (χ2v) is 5.19. The summed E-state index contributed by atoms with van der Waals surface area (Å²) < 4.78 is 0. The number of hydrogen-bond donors (Lipinski definition) is 1. The summed E-state index contributed by atoms with van der Waals surface area (Å²) in [6.07, 6.45) is 3.07. The summed E-state index contributed by atoms with van der Waals surface area (Å²) in [6, 6.07) is 1.69. The topological polar surface area (TPSA) is 81.0 Å². The fraction of sp³-hybridized carbons (Fsp3) is 0.333. The molecule has 7 heteroatoms. The monoisotopic (exact) mass is 278 g/mol. The van der Waals surface area contributed by atoms with Crippen LogP contribution in [0.2, 0.25) is 0 Å². The number of pyridine rings is 1. The second kappa shape index (κ2) is 5.75. The highest BCUT2D eigenvalue weighted by atomic mass is 32.1. The third-order valence-electron chi connectivity index (χ3n) is 2.74. The molecule has 0 fully saturated rings. The molecule has 2 aromatic rings. The smallest absolute Gasteiger partial charge is 0.290 e. The standard InChI is InChI=1S/C12H14N4O2S/c1-8-5-11(15-7-10(8)16(17)18)14-6-9(2)12-13-3-4-19-12/h3-5,7,9H,6H2,1-2H3,(H,14,15). The van der Waals surface area contributed by atoms with Crippen LogP contribution in [0.5, 0.6) is 0 Å². The van der Waals surface area contributed by atoms with E-state index in [9.17, 15) is 10.1 Å². The Morgan fingerprint density at radius 3 is 2.89 bits per heavy atom. The number of rotatable bonds is 5. The van der Waals surface area contributed by atoms with E-state index in [1.165, 1.54) is 6.20 Å². The minimum atomic E-state index is -0.426. The van der Waals surface area contributed by atoms with Crippen molar-refractivity contribution in [2.75, 3.05) is 11.9 Å². The van der Waals surface area contributed by atoms with Gasteiger partial charge in [-0.05, 0) is 13.0 Å². The van der Waals surface area contributed by atoms with E-state index in [-0.39, 0.29) is 11.6 Å². The summed E-state index contributed by atoms with van der Waals surface area (Å²) >= 11 is 1.61. The van der Waals surface area contributed by atoms with Gasteiger partial charge in [-0.3, -0.25) is 10.1 Å². The highest BCUT2D eigenvalue weighted by Gasteiger charge is 2.12. The number of anilines is 1. The first-order chi connectivity index (χ1) is 9.08. The summed E-state index contributed by atoms with van der Waals surface area (Å²) in [5.74, 6) is 0.920. The van der Waals surface area contributed by atoms with Gasteiger partial charge in [0.25, 0.3) is 5.69 Å². The number of nitrogens with one attached hydrogen (secondary N) is 1. The molecule has 1 unspecified atom stereocenters. The highest BCUT2D eigenvalue weighted by molar-refractivity contribution is 7.09. The van der Waals surface area contributed by atoms with Gasteiger partial charge in [-0.1, -0.05) is 6.92 Å². The second-order valence-electron chi connectivity index (χ2n) is 4.27. The summed E-state index contributed by atoms with van der Waals surface area (Å²) in [5.41, 5.74) is 0.642. The molecule has 0 radical (unpaired) electrons. The van der Waals surface area contributed by atoms with E-state index < -0.39 is 4.92 Å². The molecule has 0 spiro atoms. The van der Waals surface area contributed by atoms with Gasteiger partial charge in [-0.25, -0.2) is 9.97 Å². The Morgan fingerprint density at radius 2 is 2.32 bits per heavy atom. The first-order valence-corrected chi connectivity index (χ1v) is 6.70. The number of nitro groups is 1. The van der Waals surface area contributed by atoms with Crippen molar-refractivity contribution in [2.45, 2.75) is 19.8 Å². The lowest BCUT2D eigenvalue weighted by molar-refractivity contribution is -0.385. The average Bonchev–Trinajstić information content (AvgIpc) is 2.89. The van der Waals surface area contributed by atoms with Gasteiger partial charge >= 0.3 is 0 Å². The largest absolute Gasteiger partial charge is 0.369 e. The molecule has 1 atom stereocenters. The number of hydrogen-bond acceptors (Lipinski definition) is 6. The van der Waals surface area contributed by atoms with Crippen LogP contribution in [-0.2, 0) is 0 Å². The Morgan fingerprint density at radius 1 is 1.53 bits per heavy atom. The number of aryl methyl sites for hydroxylation is 1. The molecule has 0 bridgehead atoms. The molecule has 2 aromatic heterocycles. The zero-order chi connectivity index (χ0) is 13.8. The lowest BCUT2D eigenvalue weighted by Crippen LogP contribution is -2.11. The Bertz CT molecular complexity index is 571. The Hall–Kier alpha value is -2.02. The van der Waals surface area contributed by atoms with Gasteiger partial charge in [0.15, 0.2) is 0 Å². The van der Waals surface area contributed by atoms with Crippen LogP contribution in [0.4, 0.5) is 11.5 Å². The summed E-state index contributed by atoms with van der Waals surface area (Å²) in [7, 11) is 0. The van der Waals surface area contributed by atoms with E-state index >= 15 is 0 Å². The Balaban J connectivity index is 2.00. The SMILES string of the molecule is Cc1cc(NCC(C)c2nccs2)ncc1[N+](=O)[O-]. The molecule has 2 rings (SSSR count). The molecule has 2 heterocycles. The normalized spacial score (nSPS) is 12.1. The zero-order valence-electron chi connectivity index (χ0n) is 10.7. The van der Waals surface area contributed by atoms with Gasteiger partial charge in [-0.2, -0.15) is 0 Å². The molecule has 0 amide bonds. The third kappa shape index (κ3) is 3.25. The van der Waals surface area contributed by atoms with Crippen molar-refractivity contribution < 1.29 is 4.92 Å². The molecule has 1 N–H and O–H groups in total. The van der Waals surface area contributed by atoms with Crippen LogP contribution in [0.25, 0.3) is 0 Å². The maximum atomic E-state index is 10.7. The van der Waals surface area contributed by atoms with Crippen molar-refractivity contribution in [3.63, 3.8) is 0 Å². The maximum Gasteiger partial charge on any atom is 0.290 e. The van der Waals surface area contributed by atoms with Crippen molar-refractivity contribution in [1.82, 2.24) is 9.97 Å². The summed E-state index contributed by atoms with van der Waals surface area (Å²) in [4.78, 5) is 18.6. The fourth-order valence-corrected chi connectivity index (χ4v) is 2.36. The predicted molar refractivity (Wildman–Crippen MR) is 74.6 cm³/mol. The fourth-order valence-electron chi connectivity index (χ4n) is 1.66. The van der Waals surface area contributed by atoms with Crippen molar-refractivity contribution >= 4 is 22.8 Å². The zero-order valence-corrected chi connectivity index (χ0v) is 11.5. The van der Waals surface area contributed by atoms with E-state index in [0.29, 0.717) is 17.9 Å². The number of nitrogens with zero attached hydrogens (tertiary/aromatic N) is 3. The maximum absolute atomic E-state index is 10.7. The molecular formula is C12H14N4O2S. The van der Waals surface area contributed by atoms with Gasteiger partial charge in [0.2, 0.25) is 0 Å². The van der Waals surface area contributed by atoms with Crippen LogP contribution in [0, 0.1) is 17.0 Å². The third-order valence-corrected chi connectivity index (χ3v) is 3.75.